The summed E-state index contributed by atoms with van der Waals surface area (Å²) in [6, 6.07) is 79.8. The highest BCUT2D eigenvalue weighted by molar-refractivity contribution is 7.80. The summed E-state index contributed by atoms with van der Waals surface area (Å²) in [6.45, 7) is 0. The van der Waals surface area contributed by atoms with E-state index >= 15 is 0 Å². The molecule has 0 saturated heterocycles. The number of hydrogen-bond donors (Lipinski definition) is 0. The lowest BCUT2D eigenvalue weighted by Gasteiger charge is -2.48. The average molecular weight is 755 g/mol. The van der Waals surface area contributed by atoms with E-state index in [1.165, 1.54) is 104 Å². The first-order chi connectivity index (χ1) is 28.8. The zero-order chi connectivity index (χ0) is 38.0. The molecule has 3 heteroatoms. The Morgan fingerprint density at radius 1 is 0.345 bits per heavy atom. The minimum absolute atomic E-state index is 0.552. The Hall–Kier alpha value is -6.99. The van der Waals surface area contributed by atoms with Crippen LogP contribution in [-0.2, 0) is 5.41 Å². The van der Waals surface area contributed by atoms with Crippen molar-refractivity contribution in [2.45, 2.75) is 5.41 Å². The second-order valence-corrected chi connectivity index (χ2v) is 17.8. The normalized spacial score (nSPS) is 16.5. The number of aromatic nitrogens is 2. The van der Waals surface area contributed by atoms with Crippen LogP contribution in [0.15, 0.2) is 212 Å². The topological polar surface area (TPSA) is 9.86 Å². The van der Waals surface area contributed by atoms with Gasteiger partial charge in [0.2, 0.25) is 0 Å². The van der Waals surface area contributed by atoms with Crippen LogP contribution in [0.4, 0.5) is 0 Å². The van der Waals surface area contributed by atoms with Crippen molar-refractivity contribution in [3.63, 3.8) is 0 Å². The molecule has 0 radical (unpaired) electrons. The van der Waals surface area contributed by atoms with Gasteiger partial charge in [0.15, 0.2) is 0 Å². The fourth-order valence-electron chi connectivity index (χ4n) is 10.6. The Morgan fingerprint density at radius 2 is 0.914 bits per heavy atom. The lowest BCUT2D eigenvalue weighted by Crippen LogP contribution is -2.47. The van der Waals surface area contributed by atoms with Crippen molar-refractivity contribution in [2.24, 2.45) is 0 Å². The SMILES string of the molecule is c1ccc(-n2c3ccccc3c3cc(-c4ccc5c(c4)C4(c6ccccc6-n6c7ccccc7c7cccc4c76)c4ccccc4P5c4ccccc4)ccc32)cc1. The van der Waals surface area contributed by atoms with Crippen molar-refractivity contribution in [3.8, 4) is 22.5 Å². The maximum atomic E-state index is 2.56. The Bertz CT molecular complexity index is 3470. The molecule has 0 bridgehead atoms. The number of rotatable bonds is 3. The molecular formula is C55H35N2P. The molecule has 11 aromatic rings. The molecule has 0 saturated carbocycles. The number of nitrogens with zero attached hydrogens (tertiary/aromatic N) is 2. The van der Waals surface area contributed by atoms with E-state index in [1.54, 1.807) is 0 Å². The van der Waals surface area contributed by atoms with E-state index in [-0.39, 0.29) is 0 Å². The molecule has 0 N–H and O–H groups in total. The third-order valence-corrected chi connectivity index (χ3v) is 15.4. The van der Waals surface area contributed by atoms with E-state index in [2.05, 4.69) is 221 Å². The van der Waals surface area contributed by atoms with Crippen LogP contribution in [-0.4, -0.2) is 9.13 Å². The summed E-state index contributed by atoms with van der Waals surface area (Å²) in [6.07, 6.45) is 0. The van der Waals surface area contributed by atoms with E-state index < -0.39 is 13.3 Å². The Labute approximate surface area is 337 Å². The molecule has 2 nitrogen and oxygen atoms in total. The number of fused-ring (bicyclic) bond motifs is 14. The summed E-state index contributed by atoms with van der Waals surface area (Å²) in [5.74, 6) is 0. The van der Waals surface area contributed by atoms with Crippen LogP contribution in [0.2, 0.25) is 0 Å². The Balaban J connectivity index is 1.15. The standard InChI is InChI=1S/C55H35N2P/c1-3-16-38(17-4-1)56-48-26-11-8-21-41(48)43-34-36(30-32-50(43)56)37-31-33-53-47(35-37)55(45-24-10-14-29-52(45)58(53)39-18-5-2-6-19-39)44-23-9-13-28-51(44)57-49-27-12-7-20-40(49)42-22-15-25-46(55)54(42)57/h1-35H. The molecule has 0 aliphatic carbocycles. The maximum absolute atomic E-state index is 2.56. The van der Waals surface area contributed by atoms with Gasteiger partial charge < -0.3 is 9.13 Å². The summed E-state index contributed by atoms with van der Waals surface area (Å²) >= 11 is 0. The van der Waals surface area contributed by atoms with Gasteiger partial charge in [-0.2, -0.15) is 0 Å². The summed E-state index contributed by atoms with van der Waals surface area (Å²) in [4.78, 5) is 0. The first-order valence-electron chi connectivity index (χ1n) is 20.1. The first kappa shape index (κ1) is 32.1. The minimum atomic E-state index is -0.850. The van der Waals surface area contributed by atoms with E-state index in [0.717, 1.165) is 0 Å². The van der Waals surface area contributed by atoms with Crippen LogP contribution in [0, 0.1) is 0 Å². The summed E-state index contributed by atoms with van der Waals surface area (Å²) < 4.78 is 4.94. The summed E-state index contributed by atoms with van der Waals surface area (Å²) in [5, 5.41) is 9.34. The molecule has 2 atom stereocenters. The van der Waals surface area contributed by atoms with Crippen LogP contribution in [0.5, 0.6) is 0 Å². The van der Waals surface area contributed by atoms with Crippen LogP contribution >= 0.6 is 7.92 Å². The molecule has 270 valence electrons. The lowest BCUT2D eigenvalue weighted by atomic mass is 9.62. The molecule has 0 fully saturated rings. The number of benzene rings is 9. The molecular weight excluding hydrogens is 720 g/mol. The van der Waals surface area contributed by atoms with Crippen LogP contribution in [0.3, 0.4) is 0 Å². The van der Waals surface area contributed by atoms with Crippen LogP contribution in [0.25, 0.3) is 66.1 Å². The second kappa shape index (κ2) is 12.0. The van der Waals surface area contributed by atoms with Crippen molar-refractivity contribution in [1.29, 1.82) is 0 Å². The molecule has 4 heterocycles. The van der Waals surface area contributed by atoms with Gasteiger partial charge in [0, 0.05) is 27.2 Å². The van der Waals surface area contributed by atoms with Gasteiger partial charge >= 0.3 is 0 Å². The predicted molar refractivity (Wildman–Crippen MR) is 245 cm³/mol. The summed E-state index contributed by atoms with van der Waals surface area (Å²) in [7, 11) is -0.850. The molecule has 0 amide bonds. The summed E-state index contributed by atoms with van der Waals surface area (Å²) in [5.41, 5.74) is 14.7. The highest BCUT2D eigenvalue weighted by Crippen LogP contribution is 2.58. The smallest absolute Gasteiger partial charge is 0.0755 e. The Morgan fingerprint density at radius 3 is 1.74 bits per heavy atom. The predicted octanol–water partition coefficient (Wildman–Crippen LogP) is 12.3. The van der Waals surface area contributed by atoms with Crippen molar-refractivity contribution >= 4 is 67.4 Å². The van der Waals surface area contributed by atoms with Crippen LogP contribution in [0.1, 0.15) is 22.3 Å². The van der Waals surface area contributed by atoms with Gasteiger partial charge in [-0.3, -0.25) is 0 Å². The number of para-hydroxylation sites is 5. The lowest BCUT2D eigenvalue weighted by molar-refractivity contribution is 0.735. The van der Waals surface area contributed by atoms with Gasteiger partial charge in [-0.15, -0.1) is 0 Å². The minimum Gasteiger partial charge on any atom is -0.309 e. The maximum Gasteiger partial charge on any atom is 0.0755 e. The fourth-order valence-corrected chi connectivity index (χ4v) is 13.3. The molecule has 13 rings (SSSR count). The van der Waals surface area contributed by atoms with Crippen molar-refractivity contribution in [1.82, 2.24) is 9.13 Å². The molecule has 1 spiro atoms. The van der Waals surface area contributed by atoms with E-state index in [1.807, 2.05) is 0 Å². The monoisotopic (exact) mass is 754 g/mol. The molecule has 2 aromatic heterocycles. The number of hydrogen-bond acceptors (Lipinski definition) is 0. The second-order valence-electron chi connectivity index (χ2n) is 15.7. The van der Waals surface area contributed by atoms with Gasteiger partial charge in [-0.25, -0.2) is 0 Å². The quantitative estimate of drug-likeness (QED) is 0.159. The highest BCUT2D eigenvalue weighted by Gasteiger charge is 2.51. The van der Waals surface area contributed by atoms with Crippen molar-refractivity contribution in [3.05, 3.63) is 235 Å². The van der Waals surface area contributed by atoms with Crippen molar-refractivity contribution in [2.75, 3.05) is 0 Å². The van der Waals surface area contributed by atoms with Crippen molar-refractivity contribution < 1.29 is 0 Å². The molecule has 2 aliphatic heterocycles. The third kappa shape index (κ3) is 4.15. The van der Waals surface area contributed by atoms with Gasteiger partial charge in [-0.1, -0.05) is 164 Å². The average Bonchev–Trinajstić information content (AvgIpc) is 3.82. The molecule has 2 unspecified atom stereocenters. The van der Waals surface area contributed by atoms with Crippen LogP contribution < -0.4 is 15.9 Å². The zero-order valence-corrected chi connectivity index (χ0v) is 32.4. The fraction of sp³-hybridized carbons (Fsp3) is 0.0182. The molecule has 58 heavy (non-hydrogen) atoms. The van der Waals surface area contributed by atoms with Gasteiger partial charge in [-0.05, 0) is 106 Å². The largest absolute Gasteiger partial charge is 0.309 e. The zero-order valence-electron chi connectivity index (χ0n) is 31.5. The van der Waals surface area contributed by atoms with E-state index in [0.29, 0.717) is 0 Å². The molecule has 2 aliphatic rings. The van der Waals surface area contributed by atoms with E-state index in [4.69, 9.17) is 0 Å². The van der Waals surface area contributed by atoms with Gasteiger partial charge in [0.05, 0.1) is 33.2 Å². The van der Waals surface area contributed by atoms with Gasteiger partial charge in [0.25, 0.3) is 0 Å². The Kier molecular flexibility index (Phi) is 6.65. The highest BCUT2D eigenvalue weighted by atomic mass is 31.1. The third-order valence-electron chi connectivity index (χ3n) is 12.9. The molecule has 9 aromatic carbocycles. The van der Waals surface area contributed by atoms with Gasteiger partial charge in [0.1, 0.15) is 0 Å². The first-order valence-corrected chi connectivity index (χ1v) is 21.5. The van der Waals surface area contributed by atoms with E-state index in [9.17, 15) is 0 Å².